The van der Waals surface area contributed by atoms with Crippen LogP contribution in [0.15, 0.2) is 18.5 Å². The van der Waals surface area contributed by atoms with Gasteiger partial charge in [-0.05, 0) is 25.5 Å². The van der Waals surface area contributed by atoms with Gasteiger partial charge >= 0.3 is 0 Å². The van der Waals surface area contributed by atoms with Crippen molar-refractivity contribution in [2.75, 3.05) is 0 Å². The van der Waals surface area contributed by atoms with Crippen LogP contribution in [-0.2, 0) is 0 Å². The predicted molar refractivity (Wildman–Crippen MR) is 60.9 cm³/mol. The third kappa shape index (κ3) is 1.93. The number of aldehydes is 1. The second kappa shape index (κ2) is 4.18. The number of carbonyl (C=O) groups excluding carboxylic acids is 1. The van der Waals surface area contributed by atoms with Gasteiger partial charge in [-0.1, -0.05) is 0 Å². The van der Waals surface area contributed by atoms with Crippen LogP contribution in [0.5, 0.6) is 0 Å². The molecule has 0 atom stereocenters. The van der Waals surface area contributed by atoms with Crippen molar-refractivity contribution in [3.63, 3.8) is 0 Å². The summed E-state index contributed by atoms with van der Waals surface area (Å²) in [5.74, 6) is 0.595. The highest BCUT2D eigenvalue weighted by Gasteiger charge is 2.07. The Labute approximate surface area is 98.3 Å². The number of aryl methyl sites for hydroxylation is 2. The number of carbonyl (C=O) groups is 1. The molecule has 84 valence electrons. The van der Waals surface area contributed by atoms with Gasteiger partial charge in [0, 0.05) is 12.4 Å². The Morgan fingerprint density at radius 3 is 2.76 bits per heavy atom. The van der Waals surface area contributed by atoms with E-state index in [1.165, 1.54) is 10.9 Å². The van der Waals surface area contributed by atoms with Gasteiger partial charge in [-0.15, -0.1) is 0 Å². The molecule has 0 amide bonds. The van der Waals surface area contributed by atoms with Crippen LogP contribution in [0.3, 0.4) is 0 Å². The zero-order valence-corrected chi connectivity index (χ0v) is 9.51. The van der Waals surface area contributed by atoms with Crippen molar-refractivity contribution in [2.24, 2.45) is 0 Å². The van der Waals surface area contributed by atoms with Crippen molar-refractivity contribution in [3.05, 3.63) is 40.8 Å². The summed E-state index contributed by atoms with van der Waals surface area (Å²) in [7, 11) is 0. The van der Waals surface area contributed by atoms with E-state index in [4.69, 9.17) is 5.26 Å². The van der Waals surface area contributed by atoms with Crippen molar-refractivity contribution >= 4 is 6.29 Å². The lowest BCUT2D eigenvalue weighted by atomic mass is 10.2. The molecule has 17 heavy (non-hydrogen) atoms. The van der Waals surface area contributed by atoms with E-state index in [0.717, 1.165) is 11.8 Å². The van der Waals surface area contributed by atoms with Crippen LogP contribution in [0.25, 0.3) is 5.82 Å². The Kier molecular flexibility index (Phi) is 2.71. The SMILES string of the molecule is Cc1cc(-n2cc(C=O)c(C)n2)ncc1C#N. The first-order valence-electron chi connectivity index (χ1n) is 5.04. The number of pyridine rings is 1. The fourth-order valence-corrected chi connectivity index (χ4v) is 1.49. The zero-order valence-electron chi connectivity index (χ0n) is 9.51. The Hall–Kier alpha value is -2.48. The van der Waals surface area contributed by atoms with Crippen LogP contribution >= 0.6 is 0 Å². The van der Waals surface area contributed by atoms with Gasteiger partial charge in [0.1, 0.15) is 6.07 Å². The minimum absolute atomic E-state index is 0.535. The van der Waals surface area contributed by atoms with Crippen LogP contribution in [-0.4, -0.2) is 21.1 Å². The monoisotopic (exact) mass is 226 g/mol. The third-order valence-corrected chi connectivity index (χ3v) is 2.52. The standard InChI is InChI=1S/C12H10N4O/c1-8-3-12(14-5-10(8)4-13)16-6-11(7-17)9(2)15-16/h3,5-7H,1-2H3. The smallest absolute Gasteiger partial charge is 0.153 e. The van der Waals surface area contributed by atoms with Gasteiger partial charge in [-0.3, -0.25) is 4.79 Å². The molecule has 0 spiro atoms. The van der Waals surface area contributed by atoms with Crippen molar-refractivity contribution in [3.8, 4) is 11.9 Å². The average Bonchev–Trinajstić information content (AvgIpc) is 2.70. The van der Waals surface area contributed by atoms with Crippen LogP contribution in [0.2, 0.25) is 0 Å². The molecule has 0 aliphatic carbocycles. The molecule has 0 bridgehead atoms. The summed E-state index contributed by atoms with van der Waals surface area (Å²) in [6, 6.07) is 3.82. The highest BCUT2D eigenvalue weighted by atomic mass is 16.1. The average molecular weight is 226 g/mol. The highest BCUT2D eigenvalue weighted by molar-refractivity contribution is 5.75. The molecule has 0 aliphatic rings. The molecule has 0 radical (unpaired) electrons. The van der Waals surface area contributed by atoms with E-state index >= 15 is 0 Å². The number of hydrogen-bond donors (Lipinski definition) is 0. The van der Waals surface area contributed by atoms with Gasteiger partial charge < -0.3 is 0 Å². The number of rotatable bonds is 2. The maximum atomic E-state index is 10.7. The molecule has 0 aromatic carbocycles. The Bertz CT molecular complexity index is 622. The van der Waals surface area contributed by atoms with E-state index < -0.39 is 0 Å². The maximum absolute atomic E-state index is 10.7. The van der Waals surface area contributed by atoms with Gasteiger partial charge in [0.25, 0.3) is 0 Å². The number of hydrogen-bond acceptors (Lipinski definition) is 4. The molecular formula is C12H10N4O. The predicted octanol–water partition coefficient (Wildman–Crippen LogP) is 1.57. The van der Waals surface area contributed by atoms with Crippen molar-refractivity contribution in [1.82, 2.24) is 14.8 Å². The molecule has 2 rings (SSSR count). The minimum Gasteiger partial charge on any atom is -0.298 e. The molecular weight excluding hydrogens is 216 g/mol. The molecule has 2 aromatic rings. The summed E-state index contributed by atoms with van der Waals surface area (Å²) in [4.78, 5) is 14.9. The van der Waals surface area contributed by atoms with Gasteiger partial charge in [-0.2, -0.15) is 10.4 Å². The van der Waals surface area contributed by atoms with Crippen LogP contribution in [0, 0.1) is 25.2 Å². The summed E-state index contributed by atoms with van der Waals surface area (Å²) in [6.45, 7) is 3.59. The molecule has 5 heteroatoms. The Morgan fingerprint density at radius 1 is 1.47 bits per heavy atom. The summed E-state index contributed by atoms with van der Waals surface area (Å²) in [6.07, 6.45) is 3.88. The van der Waals surface area contributed by atoms with E-state index in [0.29, 0.717) is 22.6 Å². The molecule has 5 nitrogen and oxygen atoms in total. The first-order valence-corrected chi connectivity index (χ1v) is 5.04. The van der Waals surface area contributed by atoms with E-state index in [1.807, 2.05) is 6.92 Å². The lowest BCUT2D eigenvalue weighted by Crippen LogP contribution is -1.99. The number of aromatic nitrogens is 3. The Balaban J connectivity index is 2.50. The molecule has 0 fully saturated rings. The first-order chi connectivity index (χ1) is 8.15. The fraction of sp³-hybridized carbons (Fsp3) is 0.167. The van der Waals surface area contributed by atoms with Gasteiger partial charge in [0.15, 0.2) is 12.1 Å². The summed E-state index contributed by atoms with van der Waals surface area (Å²) < 4.78 is 1.53. The van der Waals surface area contributed by atoms with Gasteiger partial charge in [0.2, 0.25) is 0 Å². The number of nitriles is 1. The molecule has 0 aliphatic heterocycles. The first kappa shape index (κ1) is 11.0. The fourth-order valence-electron chi connectivity index (χ4n) is 1.49. The molecule has 2 aromatic heterocycles. The quantitative estimate of drug-likeness (QED) is 0.728. The van der Waals surface area contributed by atoms with E-state index in [1.54, 1.807) is 19.2 Å². The van der Waals surface area contributed by atoms with Gasteiger partial charge in [-0.25, -0.2) is 9.67 Å². The summed E-state index contributed by atoms with van der Waals surface area (Å²) in [5.41, 5.74) is 2.56. The van der Waals surface area contributed by atoms with Gasteiger partial charge in [0.05, 0.1) is 16.8 Å². The molecule has 0 unspecified atom stereocenters. The normalized spacial score (nSPS) is 9.94. The van der Waals surface area contributed by atoms with E-state index in [9.17, 15) is 4.79 Å². The van der Waals surface area contributed by atoms with E-state index in [-0.39, 0.29) is 0 Å². The second-order valence-corrected chi connectivity index (χ2v) is 3.70. The third-order valence-electron chi connectivity index (χ3n) is 2.52. The second-order valence-electron chi connectivity index (χ2n) is 3.70. The lowest BCUT2D eigenvalue weighted by Gasteiger charge is -2.02. The highest BCUT2D eigenvalue weighted by Crippen LogP contribution is 2.12. The molecule has 0 N–H and O–H groups in total. The summed E-state index contributed by atoms with van der Waals surface area (Å²) >= 11 is 0. The zero-order chi connectivity index (χ0) is 12.4. The van der Waals surface area contributed by atoms with Crippen LogP contribution < -0.4 is 0 Å². The van der Waals surface area contributed by atoms with Crippen LogP contribution in [0.4, 0.5) is 0 Å². The van der Waals surface area contributed by atoms with Crippen LogP contribution in [0.1, 0.15) is 27.2 Å². The van der Waals surface area contributed by atoms with Crippen molar-refractivity contribution in [2.45, 2.75) is 13.8 Å². The van der Waals surface area contributed by atoms with Crippen molar-refractivity contribution in [1.29, 1.82) is 5.26 Å². The minimum atomic E-state index is 0.535. The van der Waals surface area contributed by atoms with E-state index in [2.05, 4.69) is 16.2 Å². The molecule has 0 saturated heterocycles. The molecule has 0 saturated carbocycles. The Morgan fingerprint density at radius 2 is 2.24 bits per heavy atom. The number of nitrogens with zero attached hydrogens (tertiary/aromatic N) is 4. The summed E-state index contributed by atoms with van der Waals surface area (Å²) in [5, 5.41) is 13.0. The van der Waals surface area contributed by atoms with Crippen molar-refractivity contribution < 1.29 is 4.79 Å². The topological polar surface area (TPSA) is 71.6 Å². The largest absolute Gasteiger partial charge is 0.298 e. The molecule has 2 heterocycles. The lowest BCUT2D eigenvalue weighted by molar-refractivity contribution is 0.112. The maximum Gasteiger partial charge on any atom is 0.153 e.